The number of hydrazine groups is 1. The average Bonchev–Trinajstić information content (AvgIpc) is 3.48. The molecule has 2 heterocycles. The van der Waals surface area contributed by atoms with Crippen LogP contribution in [0.15, 0.2) is 127 Å². The van der Waals surface area contributed by atoms with Crippen molar-refractivity contribution in [2.24, 2.45) is 0 Å². The molecule has 5 amide bonds. The van der Waals surface area contributed by atoms with Crippen LogP contribution in [0.2, 0.25) is 0 Å². The summed E-state index contributed by atoms with van der Waals surface area (Å²) in [7, 11) is 1.65. The van der Waals surface area contributed by atoms with Crippen LogP contribution in [0, 0.1) is 0 Å². The molecular weight excluding hydrogens is 628 g/mol. The Balaban J connectivity index is 1.14. The molecule has 2 N–H and O–H groups in total. The number of anilines is 1. The highest BCUT2D eigenvalue weighted by Gasteiger charge is 2.51. The first-order chi connectivity index (χ1) is 24.4. The van der Waals surface area contributed by atoms with Crippen LogP contribution < -0.4 is 10.6 Å². The monoisotopic (exact) mass is 666 g/mol. The fraction of sp³-hybridized carbons (Fsp3) is 0.200. The summed E-state index contributed by atoms with van der Waals surface area (Å²) in [6.45, 7) is 0.912. The van der Waals surface area contributed by atoms with Crippen molar-refractivity contribution < 1.29 is 19.2 Å². The van der Waals surface area contributed by atoms with E-state index in [9.17, 15) is 19.2 Å². The normalized spacial score (nSPS) is 17.5. The smallest absolute Gasteiger partial charge is 0.332 e. The van der Waals surface area contributed by atoms with E-state index in [0.29, 0.717) is 24.3 Å². The Morgan fingerprint density at radius 2 is 1.46 bits per heavy atom. The van der Waals surface area contributed by atoms with Crippen LogP contribution in [-0.2, 0) is 29.1 Å². The van der Waals surface area contributed by atoms with Crippen molar-refractivity contribution in [1.29, 1.82) is 0 Å². The van der Waals surface area contributed by atoms with Gasteiger partial charge >= 0.3 is 6.03 Å². The number of rotatable bonds is 9. The summed E-state index contributed by atoms with van der Waals surface area (Å²) in [5.41, 5.74) is 3.99. The lowest BCUT2D eigenvalue weighted by Crippen LogP contribution is -2.65. The van der Waals surface area contributed by atoms with Crippen LogP contribution in [0.3, 0.4) is 0 Å². The topological polar surface area (TPSA) is 105 Å². The molecule has 252 valence electrons. The number of carbonyl (C=O) groups excluding carboxylic acids is 4. The number of hydrogen-bond acceptors (Lipinski definition) is 5. The van der Waals surface area contributed by atoms with Gasteiger partial charge in [-0.1, -0.05) is 103 Å². The summed E-state index contributed by atoms with van der Waals surface area (Å²) in [6, 6.07) is 39.0. The molecule has 2 atom stereocenters. The fourth-order valence-corrected chi connectivity index (χ4v) is 6.83. The lowest BCUT2D eigenvalue weighted by molar-refractivity contribution is -0.157. The largest absolute Gasteiger partial charge is 0.333 e. The van der Waals surface area contributed by atoms with E-state index in [2.05, 4.69) is 16.7 Å². The third kappa shape index (κ3) is 6.79. The van der Waals surface area contributed by atoms with Gasteiger partial charge in [0.15, 0.2) is 0 Å². The molecule has 0 saturated carbocycles. The minimum Gasteiger partial charge on any atom is -0.333 e. The number of nitrogens with zero attached hydrogens (tertiary/aromatic N) is 4. The molecule has 10 heteroatoms. The van der Waals surface area contributed by atoms with Gasteiger partial charge in [0.05, 0.1) is 13.1 Å². The summed E-state index contributed by atoms with van der Waals surface area (Å²) >= 11 is 0. The number of hydrogen-bond donors (Lipinski definition) is 2. The molecule has 0 bridgehead atoms. The molecule has 7 rings (SSSR count). The number of urea groups is 1. The summed E-state index contributed by atoms with van der Waals surface area (Å²) in [6.07, 6.45) is -0.269. The Hall–Kier alpha value is -6.00. The van der Waals surface area contributed by atoms with Gasteiger partial charge in [0.1, 0.15) is 12.2 Å². The van der Waals surface area contributed by atoms with Gasteiger partial charge < -0.3 is 20.4 Å². The van der Waals surface area contributed by atoms with Crippen molar-refractivity contribution in [2.75, 3.05) is 25.5 Å². The van der Waals surface area contributed by atoms with Gasteiger partial charge in [-0.3, -0.25) is 19.4 Å². The number of carbonyl (C=O) groups is 4. The Kier molecular flexibility index (Phi) is 9.26. The van der Waals surface area contributed by atoms with Gasteiger partial charge in [-0.25, -0.2) is 4.79 Å². The summed E-state index contributed by atoms with van der Waals surface area (Å²) in [4.78, 5) is 57.6. The predicted octanol–water partition coefficient (Wildman–Crippen LogP) is 5.27. The maximum absolute atomic E-state index is 14.4. The van der Waals surface area contributed by atoms with E-state index in [1.807, 2.05) is 102 Å². The minimum absolute atomic E-state index is 0.0315. The molecule has 0 aromatic heterocycles. The van der Waals surface area contributed by atoms with Crippen molar-refractivity contribution in [3.8, 4) is 0 Å². The van der Waals surface area contributed by atoms with Crippen molar-refractivity contribution in [3.63, 3.8) is 0 Å². The Labute approximate surface area is 290 Å². The third-order valence-electron chi connectivity index (χ3n) is 9.45. The maximum Gasteiger partial charge on any atom is 0.332 e. The van der Waals surface area contributed by atoms with E-state index in [-0.39, 0.29) is 43.3 Å². The molecule has 0 radical (unpaired) electrons. The summed E-state index contributed by atoms with van der Waals surface area (Å²) in [5, 5.41) is 11.2. The van der Waals surface area contributed by atoms with E-state index < -0.39 is 12.2 Å². The van der Waals surface area contributed by atoms with Crippen LogP contribution >= 0.6 is 0 Å². The van der Waals surface area contributed by atoms with Crippen LogP contribution in [0.4, 0.5) is 10.5 Å². The standard InChI is InChI=1S/C40H38N6O4/c1-43(40(50)41-24-29-11-4-2-5-12-29)45-27-37(47)46-35(23-28-19-21-33(22-20-28)42-38(48)31-14-6-3-7-15-31)39(49)44(26-36(45)46)25-32-17-10-16-30-13-8-9-18-34(30)32/h2-22,35-36H,23-27H2,1H3,(H,41,50)(H,42,48)/t35-,36+/m0/s1. The first-order valence-electron chi connectivity index (χ1n) is 16.7. The number of piperazine rings is 1. The molecule has 0 aliphatic carbocycles. The highest BCUT2D eigenvalue weighted by molar-refractivity contribution is 6.04. The van der Waals surface area contributed by atoms with Gasteiger partial charge in [-0.2, -0.15) is 5.01 Å². The van der Waals surface area contributed by atoms with Gasteiger partial charge in [0, 0.05) is 37.8 Å². The van der Waals surface area contributed by atoms with E-state index in [4.69, 9.17) is 0 Å². The number of amides is 5. The third-order valence-corrected chi connectivity index (χ3v) is 9.45. The molecule has 2 aliphatic rings. The highest BCUT2D eigenvalue weighted by Crippen LogP contribution is 2.31. The second-order valence-corrected chi connectivity index (χ2v) is 12.6. The molecule has 10 nitrogen and oxygen atoms in total. The summed E-state index contributed by atoms with van der Waals surface area (Å²) in [5.74, 6) is -0.581. The van der Waals surface area contributed by atoms with Gasteiger partial charge in [-0.15, -0.1) is 0 Å². The Bertz CT molecular complexity index is 2020. The quantitative estimate of drug-likeness (QED) is 0.223. The maximum atomic E-state index is 14.4. The van der Waals surface area contributed by atoms with E-state index in [1.54, 1.807) is 41.2 Å². The lowest BCUT2D eigenvalue weighted by Gasteiger charge is -2.46. The van der Waals surface area contributed by atoms with Gasteiger partial charge in [0.2, 0.25) is 11.8 Å². The molecule has 0 spiro atoms. The molecule has 2 aliphatic heterocycles. The fourth-order valence-electron chi connectivity index (χ4n) is 6.83. The molecule has 50 heavy (non-hydrogen) atoms. The zero-order valence-corrected chi connectivity index (χ0v) is 27.7. The average molecular weight is 667 g/mol. The van der Waals surface area contributed by atoms with E-state index in [1.165, 1.54) is 5.01 Å². The predicted molar refractivity (Wildman–Crippen MR) is 191 cm³/mol. The molecule has 5 aromatic rings. The second kappa shape index (κ2) is 14.2. The first-order valence-corrected chi connectivity index (χ1v) is 16.7. The molecule has 5 aromatic carbocycles. The van der Waals surface area contributed by atoms with Crippen LogP contribution in [-0.4, -0.2) is 75.9 Å². The summed E-state index contributed by atoms with van der Waals surface area (Å²) < 4.78 is 0. The molecule has 2 fully saturated rings. The number of nitrogens with one attached hydrogen (secondary N) is 2. The van der Waals surface area contributed by atoms with Crippen LogP contribution in [0.5, 0.6) is 0 Å². The van der Waals surface area contributed by atoms with Crippen LogP contribution in [0.1, 0.15) is 27.0 Å². The van der Waals surface area contributed by atoms with E-state index >= 15 is 0 Å². The van der Waals surface area contributed by atoms with Crippen molar-refractivity contribution >= 4 is 40.2 Å². The van der Waals surface area contributed by atoms with Crippen LogP contribution in [0.25, 0.3) is 10.8 Å². The Morgan fingerprint density at radius 3 is 2.22 bits per heavy atom. The minimum atomic E-state index is -0.785. The molecule has 0 unspecified atom stereocenters. The number of benzene rings is 5. The zero-order chi connectivity index (χ0) is 34.6. The number of fused-ring (bicyclic) bond motifs is 2. The second-order valence-electron chi connectivity index (χ2n) is 12.6. The van der Waals surface area contributed by atoms with E-state index in [0.717, 1.165) is 27.5 Å². The first kappa shape index (κ1) is 32.5. The molecular formula is C40H38N6O4. The highest BCUT2D eigenvalue weighted by atomic mass is 16.2. The Morgan fingerprint density at radius 1 is 0.780 bits per heavy atom. The lowest BCUT2D eigenvalue weighted by atomic mass is 9.98. The van der Waals surface area contributed by atoms with Gasteiger partial charge in [0.25, 0.3) is 5.91 Å². The van der Waals surface area contributed by atoms with Crippen molar-refractivity contribution in [3.05, 3.63) is 150 Å². The van der Waals surface area contributed by atoms with Gasteiger partial charge in [-0.05, 0) is 51.7 Å². The molecule has 2 saturated heterocycles. The van der Waals surface area contributed by atoms with Crippen molar-refractivity contribution in [2.45, 2.75) is 31.7 Å². The SMILES string of the molecule is CN(C(=O)NCc1ccccc1)N1CC(=O)N2[C@@H](Cc3ccc(NC(=O)c4ccccc4)cc3)C(=O)N(Cc3cccc4ccccc34)C[C@@H]21. The zero-order valence-electron chi connectivity index (χ0n) is 27.7. The van der Waals surface area contributed by atoms with Crippen molar-refractivity contribution in [1.82, 2.24) is 25.1 Å².